The Morgan fingerprint density at radius 3 is 2.44 bits per heavy atom. The summed E-state index contributed by atoms with van der Waals surface area (Å²) >= 11 is 6.00. The van der Waals surface area contributed by atoms with Gasteiger partial charge in [-0.25, -0.2) is 22.9 Å². The largest absolute Gasteiger partial charge is 0.443 e. The number of urea groups is 1. The fraction of sp³-hybridized carbons (Fsp3) is 0.613. The SMILES string of the molecule is CN(Cc1ccc(Cl)cc1)S(=O)(=O)[C@]12C[C@H]1/C=C\CCCCC[C@H](N(C(N)=O)C(=O)OC(C)(C)C)C(=O)N1CCC[C@H]1C(=O)N2. The van der Waals surface area contributed by atoms with E-state index in [4.69, 9.17) is 22.1 Å². The van der Waals surface area contributed by atoms with Crippen molar-refractivity contribution in [3.05, 3.63) is 47.0 Å². The summed E-state index contributed by atoms with van der Waals surface area (Å²) in [5.74, 6) is -1.65. The van der Waals surface area contributed by atoms with Crippen LogP contribution in [0.25, 0.3) is 0 Å². The van der Waals surface area contributed by atoms with Crippen molar-refractivity contribution in [3.63, 3.8) is 0 Å². The van der Waals surface area contributed by atoms with E-state index in [0.29, 0.717) is 42.0 Å². The van der Waals surface area contributed by atoms with E-state index >= 15 is 0 Å². The van der Waals surface area contributed by atoms with Gasteiger partial charge in [0.15, 0.2) is 4.87 Å². The molecular formula is C31H44ClN5O7S. The average molecular weight is 666 g/mol. The van der Waals surface area contributed by atoms with Crippen molar-refractivity contribution in [1.82, 2.24) is 19.4 Å². The molecule has 45 heavy (non-hydrogen) atoms. The molecule has 0 bridgehead atoms. The molecule has 3 aliphatic rings. The molecule has 1 aliphatic carbocycles. The molecule has 12 nitrogen and oxygen atoms in total. The number of hydrogen-bond acceptors (Lipinski definition) is 7. The number of nitrogens with zero attached hydrogens (tertiary/aromatic N) is 3. The number of rotatable bonds is 5. The van der Waals surface area contributed by atoms with Crippen molar-refractivity contribution in [2.24, 2.45) is 11.7 Å². The van der Waals surface area contributed by atoms with E-state index in [1.54, 1.807) is 45.0 Å². The Kier molecular flexibility index (Phi) is 10.6. The van der Waals surface area contributed by atoms with Crippen LogP contribution in [0.1, 0.15) is 77.7 Å². The zero-order valence-electron chi connectivity index (χ0n) is 26.3. The van der Waals surface area contributed by atoms with Gasteiger partial charge in [0.2, 0.25) is 21.8 Å². The van der Waals surface area contributed by atoms with Crippen LogP contribution < -0.4 is 11.1 Å². The third-order valence-corrected chi connectivity index (χ3v) is 11.2. The Hall–Kier alpha value is -3.16. The van der Waals surface area contributed by atoms with Gasteiger partial charge in [0.1, 0.15) is 17.7 Å². The van der Waals surface area contributed by atoms with E-state index in [0.717, 1.165) is 12.0 Å². The summed E-state index contributed by atoms with van der Waals surface area (Å²) in [6, 6.07) is 3.47. The number of carbonyl (C=O) groups excluding carboxylic acids is 4. The fourth-order valence-corrected chi connectivity index (χ4v) is 8.16. The lowest BCUT2D eigenvalue weighted by Gasteiger charge is -2.34. The second kappa shape index (κ2) is 13.7. The fourth-order valence-electron chi connectivity index (χ4n) is 6.07. The first-order chi connectivity index (χ1) is 21.1. The number of sulfonamides is 1. The molecule has 4 rings (SSSR count). The number of nitrogens with one attached hydrogen (secondary N) is 1. The molecule has 1 aromatic carbocycles. The Balaban J connectivity index is 1.64. The van der Waals surface area contributed by atoms with Crippen molar-refractivity contribution in [3.8, 4) is 0 Å². The van der Waals surface area contributed by atoms with Crippen molar-refractivity contribution in [2.45, 2.75) is 101 Å². The molecule has 1 saturated heterocycles. The second-order valence-corrected chi connectivity index (χ2v) is 15.8. The molecule has 3 N–H and O–H groups in total. The van der Waals surface area contributed by atoms with Crippen LogP contribution in [0.3, 0.4) is 0 Å². The van der Waals surface area contributed by atoms with Crippen LogP contribution >= 0.6 is 11.6 Å². The molecule has 1 saturated carbocycles. The second-order valence-electron chi connectivity index (χ2n) is 13.0. The highest BCUT2D eigenvalue weighted by atomic mass is 35.5. The van der Waals surface area contributed by atoms with Gasteiger partial charge in [-0.2, -0.15) is 4.31 Å². The number of nitrogens with two attached hydrogens (primary N) is 1. The van der Waals surface area contributed by atoms with Gasteiger partial charge in [-0.3, -0.25) is 9.59 Å². The van der Waals surface area contributed by atoms with Crippen molar-refractivity contribution in [2.75, 3.05) is 13.6 Å². The van der Waals surface area contributed by atoms with Gasteiger partial charge in [0, 0.05) is 31.1 Å². The molecule has 2 heterocycles. The zero-order chi connectivity index (χ0) is 33.2. The van der Waals surface area contributed by atoms with Crippen LogP contribution in [-0.4, -0.2) is 82.6 Å². The van der Waals surface area contributed by atoms with E-state index in [-0.39, 0.29) is 25.9 Å². The Labute approximate surface area is 270 Å². The molecule has 2 fully saturated rings. The van der Waals surface area contributed by atoms with Crippen LogP contribution in [-0.2, 0) is 30.9 Å². The van der Waals surface area contributed by atoms with Gasteiger partial charge in [-0.15, -0.1) is 0 Å². The zero-order valence-corrected chi connectivity index (χ0v) is 27.9. The predicted molar refractivity (Wildman–Crippen MR) is 169 cm³/mol. The average Bonchev–Trinajstić information content (AvgIpc) is 3.41. The summed E-state index contributed by atoms with van der Waals surface area (Å²) in [5, 5.41) is 3.37. The van der Waals surface area contributed by atoms with Crippen LogP contribution in [0.15, 0.2) is 36.4 Å². The van der Waals surface area contributed by atoms with Gasteiger partial charge < -0.3 is 20.7 Å². The number of imide groups is 1. The summed E-state index contributed by atoms with van der Waals surface area (Å²) in [6.07, 6.45) is 6.45. The number of halogens is 1. The van der Waals surface area contributed by atoms with Crippen molar-refractivity contribution >= 4 is 45.6 Å². The quantitative estimate of drug-likeness (QED) is 0.447. The standard InChI is InChI=1S/C31H44ClN5O7S/c1-30(2,3)44-29(41)37(28(33)40)25-12-9-7-5-6-8-11-22-19-31(22,34-26(38)24-13-10-18-36(24)27(25)39)45(42,43)35(4)20-21-14-16-23(32)17-15-21/h8,11,14-17,22,24-25H,5-7,9-10,12-13,18-20H2,1-4H3,(H2,33,40)(H,34,38)/b11-8-/t22-,24+,25+,31-/m1/s1. The molecule has 2 aliphatic heterocycles. The highest BCUT2D eigenvalue weighted by molar-refractivity contribution is 7.90. The smallest absolute Gasteiger partial charge is 0.419 e. The maximum atomic E-state index is 14.1. The lowest BCUT2D eigenvalue weighted by atomic mass is 10.0. The maximum absolute atomic E-state index is 14.1. The van der Waals surface area contributed by atoms with E-state index < -0.39 is 62.4 Å². The molecule has 248 valence electrons. The number of ether oxygens (including phenoxy) is 1. The number of benzene rings is 1. The van der Waals surface area contributed by atoms with Crippen LogP contribution in [0.2, 0.25) is 5.02 Å². The van der Waals surface area contributed by atoms with Gasteiger partial charge >= 0.3 is 12.1 Å². The monoisotopic (exact) mass is 665 g/mol. The molecule has 0 aromatic heterocycles. The van der Waals surface area contributed by atoms with Crippen molar-refractivity contribution < 1.29 is 32.3 Å². The van der Waals surface area contributed by atoms with E-state index in [9.17, 15) is 27.6 Å². The van der Waals surface area contributed by atoms with E-state index in [1.807, 2.05) is 12.2 Å². The third kappa shape index (κ3) is 7.81. The summed E-state index contributed by atoms with van der Waals surface area (Å²) in [7, 11) is -2.59. The first-order valence-electron chi connectivity index (χ1n) is 15.4. The number of amides is 5. The van der Waals surface area contributed by atoms with Gasteiger partial charge in [0.05, 0.1) is 0 Å². The van der Waals surface area contributed by atoms with Gasteiger partial charge in [0.25, 0.3) is 0 Å². The molecule has 0 spiro atoms. The normalized spacial score (nSPS) is 27.0. The molecule has 4 atom stereocenters. The minimum atomic E-state index is -4.06. The van der Waals surface area contributed by atoms with Gasteiger partial charge in [-0.05, 0) is 77.0 Å². The molecule has 1 aromatic rings. The first-order valence-corrected chi connectivity index (χ1v) is 17.2. The van der Waals surface area contributed by atoms with Gasteiger partial charge in [-0.1, -0.05) is 48.7 Å². The van der Waals surface area contributed by atoms with E-state index in [1.165, 1.54) is 16.3 Å². The number of hydrogen-bond donors (Lipinski definition) is 2. The number of primary amides is 1. The highest BCUT2D eigenvalue weighted by Crippen LogP contribution is 2.50. The van der Waals surface area contributed by atoms with E-state index in [2.05, 4.69) is 5.32 Å². The van der Waals surface area contributed by atoms with Crippen LogP contribution in [0, 0.1) is 5.92 Å². The predicted octanol–water partition coefficient (Wildman–Crippen LogP) is 4.13. The minimum absolute atomic E-state index is 0.0803. The maximum Gasteiger partial charge on any atom is 0.419 e. The molecule has 0 radical (unpaired) electrons. The number of allylic oxidation sites excluding steroid dienone is 1. The third-order valence-electron chi connectivity index (χ3n) is 8.47. The number of carbonyl (C=O) groups is 4. The summed E-state index contributed by atoms with van der Waals surface area (Å²) < 4.78 is 34.8. The number of fused-ring (bicyclic) bond motifs is 2. The Morgan fingerprint density at radius 1 is 1.11 bits per heavy atom. The first kappa shape index (κ1) is 34.7. The van der Waals surface area contributed by atoms with Crippen molar-refractivity contribution in [1.29, 1.82) is 0 Å². The topological polar surface area (TPSA) is 159 Å². The molecule has 14 heteroatoms. The summed E-state index contributed by atoms with van der Waals surface area (Å²) in [6.45, 7) is 5.20. The summed E-state index contributed by atoms with van der Waals surface area (Å²) in [5.41, 5.74) is 5.41. The lowest BCUT2D eigenvalue weighted by Crippen LogP contribution is -2.59. The molecular weight excluding hydrogens is 622 g/mol. The highest BCUT2D eigenvalue weighted by Gasteiger charge is 2.65. The Bertz CT molecular complexity index is 1430. The molecule has 0 unspecified atom stereocenters. The molecule has 5 amide bonds. The van der Waals surface area contributed by atoms with Crippen LogP contribution in [0.4, 0.5) is 9.59 Å². The minimum Gasteiger partial charge on any atom is -0.443 e. The summed E-state index contributed by atoms with van der Waals surface area (Å²) in [4.78, 5) is 54.0. The van der Waals surface area contributed by atoms with Crippen LogP contribution in [0.5, 0.6) is 0 Å². The lowest BCUT2D eigenvalue weighted by molar-refractivity contribution is -0.142. The Morgan fingerprint density at radius 2 is 1.80 bits per heavy atom.